The summed E-state index contributed by atoms with van der Waals surface area (Å²) in [7, 11) is 0. The van der Waals surface area contributed by atoms with E-state index in [1.807, 2.05) is 0 Å². The van der Waals surface area contributed by atoms with Crippen molar-refractivity contribution in [2.45, 2.75) is 32.1 Å². The van der Waals surface area contributed by atoms with Crippen LogP contribution in [-0.4, -0.2) is 4.57 Å². The summed E-state index contributed by atoms with van der Waals surface area (Å²) in [5.41, 5.74) is 27.6. The summed E-state index contributed by atoms with van der Waals surface area (Å²) in [6.45, 7) is 4.74. The monoisotopic (exact) mass is 932 g/mol. The predicted molar refractivity (Wildman–Crippen MR) is 307 cm³/mol. The molecule has 0 bridgehead atoms. The van der Waals surface area contributed by atoms with Crippen molar-refractivity contribution in [3.05, 3.63) is 288 Å². The number of rotatable bonds is 6. The summed E-state index contributed by atoms with van der Waals surface area (Å²) >= 11 is 0. The number of hydrogen-bond acceptors (Lipinski definition) is 1. The van der Waals surface area contributed by atoms with Crippen molar-refractivity contribution in [3.8, 4) is 61.3 Å². The molecule has 11 aromatic carbocycles. The normalized spacial score (nSPS) is 13.1. The van der Waals surface area contributed by atoms with Gasteiger partial charge in [0.05, 0.1) is 16.7 Å². The zero-order valence-electron chi connectivity index (χ0n) is 41.1. The molecule has 73 heavy (non-hydrogen) atoms. The van der Waals surface area contributed by atoms with E-state index in [1.165, 1.54) is 122 Å². The highest BCUT2D eigenvalue weighted by molar-refractivity contribution is 6.13. The Morgan fingerprint density at radius 3 is 1.49 bits per heavy atom. The fourth-order valence-electron chi connectivity index (χ4n) is 12.3. The second kappa shape index (κ2) is 17.1. The van der Waals surface area contributed by atoms with Gasteiger partial charge < -0.3 is 9.47 Å². The Hall–Kier alpha value is -8.98. The van der Waals surface area contributed by atoms with Crippen molar-refractivity contribution in [1.82, 2.24) is 4.57 Å². The maximum atomic E-state index is 2.49. The zero-order chi connectivity index (χ0) is 48.6. The molecule has 0 spiro atoms. The molecule has 0 amide bonds. The molecule has 2 nitrogen and oxygen atoms in total. The van der Waals surface area contributed by atoms with Crippen molar-refractivity contribution in [2.24, 2.45) is 0 Å². The van der Waals surface area contributed by atoms with Crippen molar-refractivity contribution >= 4 is 38.9 Å². The maximum absolute atomic E-state index is 2.49. The average Bonchev–Trinajstić information content (AvgIpc) is 3.88. The summed E-state index contributed by atoms with van der Waals surface area (Å²) in [5, 5.41) is 2.52. The molecule has 0 unspecified atom stereocenters. The molecule has 0 fully saturated rings. The third-order valence-electron chi connectivity index (χ3n) is 15.9. The Kier molecular flexibility index (Phi) is 10.0. The lowest BCUT2D eigenvalue weighted by molar-refractivity contribution is 0.661. The Bertz CT molecular complexity index is 4080. The lowest BCUT2D eigenvalue weighted by atomic mass is 9.82. The number of fused-ring (bicyclic) bond motifs is 12. The van der Waals surface area contributed by atoms with E-state index < -0.39 is 0 Å². The van der Waals surface area contributed by atoms with E-state index in [0.29, 0.717) is 0 Å². The smallest absolute Gasteiger partial charge is 0.0544 e. The van der Waals surface area contributed by atoms with Gasteiger partial charge in [-0.05, 0) is 162 Å². The van der Waals surface area contributed by atoms with Gasteiger partial charge in [-0.25, -0.2) is 0 Å². The summed E-state index contributed by atoms with van der Waals surface area (Å²) in [6.07, 6.45) is 1.62. The predicted octanol–water partition coefficient (Wildman–Crippen LogP) is 18.7. The number of nitrogens with zero attached hydrogens (tertiary/aromatic N) is 2. The number of aromatic nitrogens is 1. The van der Waals surface area contributed by atoms with Gasteiger partial charge in [-0.2, -0.15) is 0 Å². The topological polar surface area (TPSA) is 8.17 Å². The standard InChI is InChI=1S/C71H52N2/c1-71(2)66-30-16-15-28-61(66)62-45-65-64-43-50(36-41-69(64)73(70(65)46-67(62)71)54-23-7-4-8-24-54)49-34-39-56(40-35-49)72(55-37-32-48(33-38-55)47-18-5-3-6-19-47)68-31-17-29-60-59-27-14-10-21-52(59)42-51-20-9-12-25-57(51)58-26-13-11-22-53(58)44-63(60)68/h3-41,43,45-46H,42,44H2,1-2H3. The highest BCUT2D eigenvalue weighted by Crippen LogP contribution is 2.52. The first-order valence-corrected chi connectivity index (χ1v) is 25.7. The molecule has 1 heterocycles. The number of para-hydroxylation sites is 1. The maximum Gasteiger partial charge on any atom is 0.0544 e. The highest BCUT2D eigenvalue weighted by Gasteiger charge is 2.36. The molecule has 346 valence electrons. The average molecular weight is 933 g/mol. The Labute approximate surface area is 427 Å². The van der Waals surface area contributed by atoms with Gasteiger partial charge in [-0.1, -0.05) is 202 Å². The quantitative estimate of drug-likeness (QED) is 0.161. The van der Waals surface area contributed by atoms with E-state index in [4.69, 9.17) is 0 Å². The van der Waals surface area contributed by atoms with Crippen LogP contribution in [0, 0.1) is 0 Å². The number of benzene rings is 11. The van der Waals surface area contributed by atoms with E-state index in [-0.39, 0.29) is 5.41 Å². The summed E-state index contributed by atoms with van der Waals surface area (Å²) in [5.74, 6) is 0. The third kappa shape index (κ3) is 7.08. The van der Waals surface area contributed by atoms with Gasteiger partial charge in [0.25, 0.3) is 0 Å². The van der Waals surface area contributed by atoms with E-state index in [1.54, 1.807) is 0 Å². The molecule has 2 aliphatic rings. The molecule has 2 heteroatoms. The number of anilines is 3. The van der Waals surface area contributed by atoms with Crippen LogP contribution in [0.1, 0.15) is 47.2 Å². The van der Waals surface area contributed by atoms with Crippen LogP contribution in [0.25, 0.3) is 83.1 Å². The molecule has 14 rings (SSSR count). The largest absolute Gasteiger partial charge is 0.310 e. The first-order chi connectivity index (χ1) is 36.0. The molecule has 0 atom stereocenters. The van der Waals surface area contributed by atoms with Crippen LogP contribution in [-0.2, 0) is 18.3 Å². The minimum Gasteiger partial charge on any atom is -0.310 e. The second-order valence-corrected chi connectivity index (χ2v) is 20.4. The van der Waals surface area contributed by atoms with Gasteiger partial charge in [0, 0.05) is 39.7 Å². The third-order valence-corrected chi connectivity index (χ3v) is 15.9. The van der Waals surface area contributed by atoms with Crippen LogP contribution in [0.4, 0.5) is 17.1 Å². The lowest BCUT2D eigenvalue weighted by Crippen LogP contribution is -2.14. The molecule has 1 aromatic heterocycles. The van der Waals surface area contributed by atoms with Crippen molar-refractivity contribution in [3.63, 3.8) is 0 Å². The van der Waals surface area contributed by atoms with E-state index >= 15 is 0 Å². The van der Waals surface area contributed by atoms with Crippen LogP contribution in [0.15, 0.2) is 255 Å². The molecule has 2 aliphatic carbocycles. The first-order valence-electron chi connectivity index (χ1n) is 25.7. The highest BCUT2D eigenvalue weighted by atomic mass is 15.1. The van der Waals surface area contributed by atoms with Crippen molar-refractivity contribution < 1.29 is 0 Å². The van der Waals surface area contributed by atoms with Crippen LogP contribution in [0.3, 0.4) is 0 Å². The van der Waals surface area contributed by atoms with Gasteiger partial charge in [0.15, 0.2) is 0 Å². The SMILES string of the molecule is CC1(C)c2ccccc2-c2cc3c4cc(-c5ccc(N(c6ccc(-c7ccccc7)cc6)c6cccc7c6Cc6ccccc6-c6ccccc6Cc6ccccc6-7)cc5)ccc4n(-c4ccccc4)c3cc21. The van der Waals surface area contributed by atoms with Crippen LogP contribution in [0.5, 0.6) is 0 Å². The van der Waals surface area contributed by atoms with E-state index in [0.717, 1.165) is 24.2 Å². The lowest BCUT2D eigenvalue weighted by Gasteiger charge is -2.30. The molecule has 0 radical (unpaired) electrons. The van der Waals surface area contributed by atoms with Gasteiger partial charge in [-0.15, -0.1) is 0 Å². The minimum atomic E-state index is -0.0970. The van der Waals surface area contributed by atoms with Gasteiger partial charge in [-0.3, -0.25) is 0 Å². The summed E-state index contributed by atoms with van der Waals surface area (Å²) < 4.78 is 2.46. The van der Waals surface area contributed by atoms with Crippen molar-refractivity contribution in [1.29, 1.82) is 0 Å². The van der Waals surface area contributed by atoms with Gasteiger partial charge in [0.2, 0.25) is 0 Å². The van der Waals surface area contributed by atoms with Crippen LogP contribution < -0.4 is 4.90 Å². The van der Waals surface area contributed by atoms with E-state index in [9.17, 15) is 0 Å². The second-order valence-electron chi connectivity index (χ2n) is 20.4. The van der Waals surface area contributed by atoms with Crippen molar-refractivity contribution in [2.75, 3.05) is 4.90 Å². The Balaban J connectivity index is 0.933. The Morgan fingerprint density at radius 1 is 0.342 bits per heavy atom. The summed E-state index contributed by atoms with van der Waals surface area (Å²) in [4.78, 5) is 2.49. The zero-order valence-corrected chi connectivity index (χ0v) is 41.1. The molecule has 0 saturated heterocycles. The van der Waals surface area contributed by atoms with Gasteiger partial charge in [0.1, 0.15) is 0 Å². The minimum absolute atomic E-state index is 0.0970. The fourth-order valence-corrected chi connectivity index (χ4v) is 12.3. The fraction of sp³-hybridized carbons (Fsp3) is 0.0704. The number of hydrogen-bond donors (Lipinski definition) is 0. The van der Waals surface area contributed by atoms with Crippen LogP contribution in [0.2, 0.25) is 0 Å². The molecular formula is C71H52N2. The molecule has 0 aliphatic heterocycles. The molecule has 0 N–H and O–H groups in total. The molecule has 12 aromatic rings. The van der Waals surface area contributed by atoms with E-state index in [2.05, 4.69) is 278 Å². The first kappa shape index (κ1) is 42.9. The summed E-state index contributed by atoms with van der Waals surface area (Å²) in [6, 6.07) is 94.9. The van der Waals surface area contributed by atoms with Gasteiger partial charge >= 0.3 is 0 Å². The molecule has 0 saturated carbocycles. The molecular weight excluding hydrogens is 881 g/mol. The van der Waals surface area contributed by atoms with Crippen LogP contribution >= 0.6 is 0 Å². The Morgan fingerprint density at radius 2 is 0.836 bits per heavy atom.